The number of halogens is 1. The lowest BCUT2D eigenvalue weighted by atomic mass is 10.1. The molecule has 1 aromatic rings. The van der Waals surface area contributed by atoms with Gasteiger partial charge in [-0.2, -0.15) is 0 Å². The number of benzene rings is 1. The summed E-state index contributed by atoms with van der Waals surface area (Å²) in [4.78, 5) is 11.9. The van der Waals surface area contributed by atoms with Crippen LogP contribution in [0.3, 0.4) is 0 Å². The first-order chi connectivity index (χ1) is 11.4. The van der Waals surface area contributed by atoms with Crippen molar-refractivity contribution in [2.45, 2.75) is 51.9 Å². The van der Waals surface area contributed by atoms with Gasteiger partial charge in [0.25, 0.3) is 0 Å². The molecule has 3 nitrogen and oxygen atoms in total. The number of carbonyl (C=O) groups is 1. The molecular weight excluding hydrogens is 322 g/mol. The summed E-state index contributed by atoms with van der Waals surface area (Å²) in [6.07, 6.45) is 8.19. The minimum Gasteiger partial charge on any atom is -0.459 e. The molecule has 0 bridgehead atoms. The molecule has 24 heavy (non-hydrogen) atoms. The molecule has 0 saturated heterocycles. The Morgan fingerprint density at radius 2 is 1.62 bits per heavy atom. The zero-order chi connectivity index (χ0) is 17.8. The minimum absolute atomic E-state index is 0.170. The Kier molecular flexibility index (Phi) is 10.0. The molecule has 0 saturated carbocycles. The zero-order valence-corrected chi connectivity index (χ0v) is 16.3. The maximum Gasteiger partial charge on any atom is 0.310 e. The Balaban J connectivity index is 2.15. The van der Waals surface area contributed by atoms with Crippen molar-refractivity contribution in [3.63, 3.8) is 0 Å². The van der Waals surface area contributed by atoms with Gasteiger partial charge < -0.3 is 9.22 Å². The first kappa shape index (κ1) is 21.0. The fourth-order valence-electron chi connectivity index (χ4n) is 2.66. The molecule has 1 rings (SSSR count). The van der Waals surface area contributed by atoms with Crippen molar-refractivity contribution in [1.29, 1.82) is 0 Å². The molecule has 0 N–H and O–H groups in total. The number of carbonyl (C=O) groups excluding carboxylic acids is 1. The number of esters is 1. The molecule has 136 valence electrons. The van der Waals surface area contributed by atoms with Crippen molar-refractivity contribution in [2.75, 3.05) is 33.8 Å². The van der Waals surface area contributed by atoms with Crippen LogP contribution >= 0.6 is 11.6 Å². The Hall–Kier alpha value is -1.06. The van der Waals surface area contributed by atoms with Crippen LogP contribution in [-0.4, -0.2) is 44.2 Å². The molecule has 1 aromatic carbocycles. The van der Waals surface area contributed by atoms with Crippen molar-refractivity contribution >= 4 is 17.6 Å². The van der Waals surface area contributed by atoms with E-state index in [-0.39, 0.29) is 5.97 Å². The number of rotatable bonds is 12. The van der Waals surface area contributed by atoms with Gasteiger partial charge in [-0.3, -0.25) is 4.79 Å². The maximum absolute atomic E-state index is 11.9. The fourth-order valence-corrected chi connectivity index (χ4v) is 2.78. The third-order valence-corrected chi connectivity index (χ3v) is 4.59. The van der Waals surface area contributed by atoms with E-state index in [9.17, 15) is 4.79 Å². The summed E-state index contributed by atoms with van der Waals surface area (Å²) in [5.41, 5.74) is 0.935. The summed E-state index contributed by atoms with van der Waals surface area (Å²) >= 11 is 5.84. The van der Waals surface area contributed by atoms with E-state index in [4.69, 9.17) is 16.3 Å². The second kappa shape index (κ2) is 11.5. The summed E-state index contributed by atoms with van der Waals surface area (Å²) in [5, 5.41) is 0.681. The molecule has 0 amide bonds. The summed E-state index contributed by atoms with van der Waals surface area (Å²) in [6.45, 7) is 4.73. The maximum atomic E-state index is 11.9. The van der Waals surface area contributed by atoms with Gasteiger partial charge in [0.05, 0.1) is 27.1 Å². The van der Waals surface area contributed by atoms with E-state index in [1.807, 2.05) is 12.1 Å². The average molecular weight is 355 g/mol. The molecule has 0 radical (unpaired) electrons. The minimum atomic E-state index is -0.170. The average Bonchev–Trinajstić information content (AvgIpc) is 2.53. The lowest BCUT2D eigenvalue weighted by Crippen LogP contribution is -2.43. The summed E-state index contributed by atoms with van der Waals surface area (Å²) < 4.78 is 6.29. The molecule has 0 aliphatic rings. The zero-order valence-electron chi connectivity index (χ0n) is 15.5. The molecule has 0 aromatic heterocycles. The normalized spacial score (nSPS) is 11.5. The van der Waals surface area contributed by atoms with Gasteiger partial charge in [-0.15, -0.1) is 0 Å². The Morgan fingerprint density at radius 3 is 2.29 bits per heavy atom. The number of hydrogen-bond donors (Lipinski definition) is 0. The highest BCUT2D eigenvalue weighted by molar-refractivity contribution is 6.30. The molecule has 0 atom stereocenters. The number of nitrogens with zero attached hydrogens (tertiary/aromatic N) is 1. The third-order valence-electron chi connectivity index (χ3n) is 4.34. The third kappa shape index (κ3) is 9.94. The smallest absolute Gasteiger partial charge is 0.310 e. The summed E-state index contributed by atoms with van der Waals surface area (Å²) in [6, 6.07) is 7.32. The van der Waals surface area contributed by atoms with E-state index in [0.717, 1.165) is 23.1 Å². The van der Waals surface area contributed by atoms with E-state index < -0.39 is 0 Å². The fraction of sp³-hybridized carbons (Fsp3) is 0.650. The molecule has 0 fully saturated rings. The van der Waals surface area contributed by atoms with Crippen LogP contribution in [0.15, 0.2) is 24.3 Å². The second-order valence-electron chi connectivity index (χ2n) is 7.17. The van der Waals surface area contributed by atoms with Crippen LogP contribution < -0.4 is 0 Å². The van der Waals surface area contributed by atoms with Crippen molar-refractivity contribution in [3.05, 3.63) is 34.9 Å². The lowest BCUT2D eigenvalue weighted by Gasteiger charge is -2.29. The van der Waals surface area contributed by atoms with Crippen molar-refractivity contribution in [3.8, 4) is 0 Å². The Morgan fingerprint density at radius 1 is 1.00 bits per heavy atom. The number of likely N-dealkylation sites (N-methyl/N-ethyl adjacent to an activating group) is 1. The van der Waals surface area contributed by atoms with E-state index in [1.165, 1.54) is 38.5 Å². The quantitative estimate of drug-likeness (QED) is 0.304. The number of quaternary nitrogens is 1. The Bertz CT molecular complexity index is 471. The highest BCUT2D eigenvalue weighted by Gasteiger charge is 2.15. The lowest BCUT2D eigenvalue weighted by molar-refractivity contribution is -0.890. The van der Waals surface area contributed by atoms with E-state index >= 15 is 0 Å². The monoisotopic (exact) mass is 354 g/mol. The predicted octanol–water partition coefficient (Wildman–Crippen LogP) is 4.86. The van der Waals surface area contributed by atoms with Crippen molar-refractivity contribution < 1.29 is 14.0 Å². The molecule has 4 heteroatoms. The largest absolute Gasteiger partial charge is 0.459 e. The van der Waals surface area contributed by atoms with Gasteiger partial charge in [0, 0.05) is 5.02 Å². The molecule has 0 unspecified atom stereocenters. The van der Waals surface area contributed by atoms with Crippen LogP contribution in [0.4, 0.5) is 0 Å². The molecule has 0 aliphatic carbocycles. The Labute approximate surface area is 152 Å². The van der Waals surface area contributed by atoms with Crippen LogP contribution in [0.25, 0.3) is 0 Å². The van der Waals surface area contributed by atoms with Crippen LogP contribution in [0.5, 0.6) is 0 Å². The van der Waals surface area contributed by atoms with Crippen molar-refractivity contribution in [2.24, 2.45) is 0 Å². The number of ether oxygens (including phenoxy) is 1. The first-order valence-corrected chi connectivity index (χ1v) is 9.53. The van der Waals surface area contributed by atoms with E-state index in [1.54, 1.807) is 12.1 Å². The second-order valence-corrected chi connectivity index (χ2v) is 7.61. The summed E-state index contributed by atoms with van der Waals surface area (Å²) in [5.74, 6) is -0.170. The van der Waals surface area contributed by atoms with Gasteiger partial charge in [-0.1, -0.05) is 56.3 Å². The molecule has 0 aliphatic heterocycles. The topological polar surface area (TPSA) is 26.3 Å². The molecule has 0 heterocycles. The standard InChI is InChI=1S/C20H33ClNO2/c1-4-5-6-7-8-9-14-22(2,3)15-16-24-20(23)17-18-10-12-19(21)13-11-18/h10-13H,4-9,14-17H2,1-3H3/q+1. The van der Waals surface area contributed by atoms with Crippen molar-refractivity contribution in [1.82, 2.24) is 0 Å². The van der Waals surface area contributed by atoms with Crippen LogP contribution in [0.2, 0.25) is 5.02 Å². The van der Waals surface area contributed by atoms with Crippen LogP contribution in [-0.2, 0) is 16.0 Å². The van der Waals surface area contributed by atoms with Gasteiger partial charge >= 0.3 is 5.97 Å². The highest BCUT2D eigenvalue weighted by atomic mass is 35.5. The SMILES string of the molecule is CCCCCCCC[N+](C)(C)CCOC(=O)Cc1ccc(Cl)cc1. The molecule has 0 spiro atoms. The van der Waals surface area contributed by atoms with E-state index in [2.05, 4.69) is 21.0 Å². The predicted molar refractivity (Wildman–Crippen MR) is 101 cm³/mol. The van der Waals surface area contributed by atoms with E-state index in [0.29, 0.717) is 18.1 Å². The number of unbranched alkanes of at least 4 members (excludes halogenated alkanes) is 5. The number of hydrogen-bond acceptors (Lipinski definition) is 2. The van der Waals surface area contributed by atoms with Crippen LogP contribution in [0, 0.1) is 0 Å². The van der Waals surface area contributed by atoms with Gasteiger partial charge in [0.1, 0.15) is 13.2 Å². The highest BCUT2D eigenvalue weighted by Crippen LogP contribution is 2.11. The molecular formula is C20H33ClNO2+. The van der Waals surface area contributed by atoms with Crippen LogP contribution in [0.1, 0.15) is 51.0 Å². The van der Waals surface area contributed by atoms with Gasteiger partial charge in [0.2, 0.25) is 0 Å². The summed E-state index contributed by atoms with van der Waals surface area (Å²) in [7, 11) is 4.41. The van der Waals surface area contributed by atoms with Gasteiger partial charge in [-0.25, -0.2) is 0 Å². The van der Waals surface area contributed by atoms with Gasteiger partial charge in [0.15, 0.2) is 0 Å². The van der Waals surface area contributed by atoms with Gasteiger partial charge in [-0.05, 0) is 30.5 Å². The first-order valence-electron chi connectivity index (χ1n) is 9.15.